The Morgan fingerprint density at radius 3 is 2.52 bits per heavy atom. The first-order chi connectivity index (χ1) is 14.8. The molecule has 0 saturated carbocycles. The molecule has 2 aromatic carbocycles. The molecule has 0 aliphatic carbocycles. The van der Waals surface area contributed by atoms with E-state index in [4.69, 9.17) is 14.9 Å². The van der Waals surface area contributed by atoms with Gasteiger partial charge < -0.3 is 24.7 Å². The summed E-state index contributed by atoms with van der Waals surface area (Å²) in [6, 6.07) is 9.88. The topological polar surface area (TPSA) is 171 Å². The molecule has 11 heteroatoms. The second-order valence-electron chi connectivity index (χ2n) is 6.59. The van der Waals surface area contributed by atoms with Crippen LogP contribution >= 0.6 is 0 Å². The number of esters is 1. The summed E-state index contributed by atoms with van der Waals surface area (Å²) >= 11 is 0. The van der Waals surface area contributed by atoms with Crippen LogP contribution < -0.4 is 16.2 Å². The number of hydrogen-bond donors (Lipinski definition) is 3. The number of methoxy groups -OCH3 is 1. The molecule has 11 nitrogen and oxygen atoms in total. The maximum atomic E-state index is 11.5. The highest BCUT2D eigenvalue weighted by Crippen LogP contribution is 2.29. The number of nitro benzene ring substituents is 1. The molecule has 0 saturated heterocycles. The SMILES string of the molecule is COC(=O)C(N)Cc1ccc(Oc2ccc(Cc3oc(=O)[nH]c3O)cc2)cc1[N+](=O)[O-]. The molecule has 162 valence electrons. The zero-order valence-electron chi connectivity index (χ0n) is 16.4. The van der Waals surface area contributed by atoms with Crippen LogP contribution in [0.4, 0.5) is 5.69 Å². The Morgan fingerprint density at radius 1 is 1.26 bits per heavy atom. The number of benzene rings is 2. The quantitative estimate of drug-likeness (QED) is 0.275. The van der Waals surface area contributed by atoms with Crippen LogP contribution in [-0.2, 0) is 22.4 Å². The van der Waals surface area contributed by atoms with Crippen LogP contribution in [0, 0.1) is 10.1 Å². The second-order valence-corrected chi connectivity index (χ2v) is 6.59. The van der Waals surface area contributed by atoms with Crippen molar-refractivity contribution >= 4 is 11.7 Å². The molecule has 0 bridgehead atoms. The normalized spacial score (nSPS) is 11.7. The molecule has 1 heterocycles. The van der Waals surface area contributed by atoms with Gasteiger partial charge in [0.15, 0.2) is 5.76 Å². The minimum atomic E-state index is -1.02. The van der Waals surface area contributed by atoms with E-state index in [-0.39, 0.29) is 41.5 Å². The number of aromatic amines is 1. The third-order valence-corrected chi connectivity index (χ3v) is 4.42. The van der Waals surface area contributed by atoms with E-state index in [0.29, 0.717) is 5.75 Å². The van der Waals surface area contributed by atoms with Crippen LogP contribution in [0.2, 0.25) is 0 Å². The van der Waals surface area contributed by atoms with E-state index in [1.165, 1.54) is 25.3 Å². The molecule has 3 aromatic rings. The van der Waals surface area contributed by atoms with Crippen molar-refractivity contribution in [3.8, 4) is 17.4 Å². The maximum absolute atomic E-state index is 11.5. The monoisotopic (exact) mass is 429 g/mol. The fourth-order valence-electron chi connectivity index (χ4n) is 2.89. The van der Waals surface area contributed by atoms with Crippen molar-refractivity contribution in [1.82, 2.24) is 4.98 Å². The summed E-state index contributed by atoms with van der Waals surface area (Å²) in [6.45, 7) is 0. The molecule has 0 amide bonds. The van der Waals surface area contributed by atoms with Crippen molar-refractivity contribution < 1.29 is 28.7 Å². The van der Waals surface area contributed by atoms with Crippen LogP contribution in [-0.4, -0.2) is 34.1 Å². The summed E-state index contributed by atoms with van der Waals surface area (Å²) in [4.78, 5) is 35.6. The summed E-state index contributed by atoms with van der Waals surface area (Å²) in [7, 11) is 1.19. The lowest BCUT2D eigenvalue weighted by molar-refractivity contribution is -0.385. The second kappa shape index (κ2) is 9.13. The van der Waals surface area contributed by atoms with Gasteiger partial charge in [-0.1, -0.05) is 12.1 Å². The van der Waals surface area contributed by atoms with E-state index in [1.807, 2.05) is 0 Å². The van der Waals surface area contributed by atoms with Gasteiger partial charge in [-0.3, -0.25) is 19.9 Å². The predicted octanol–water partition coefficient (Wildman–Crippen LogP) is 2.01. The zero-order chi connectivity index (χ0) is 22.5. The van der Waals surface area contributed by atoms with Gasteiger partial charge in [-0.15, -0.1) is 0 Å². The van der Waals surface area contributed by atoms with E-state index < -0.39 is 22.7 Å². The fraction of sp³-hybridized carbons (Fsp3) is 0.200. The fourth-order valence-corrected chi connectivity index (χ4v) is 2.89. The van der Waals surface area contributed by atoms with Gasteiger partial charge in [-0.2, -0.15) is 0 Å². The number of aromatic hydroxyl groups is 1. The van der Waals surface area contributed by atoms with E-state index in [9.17, 15) is 24.8 Å². The number of carbonyl (C=O) groups is 1. The summed E-state index contributed by atoms with van der Waals surface area (Å²) < 4.78 is 15.1. The third-order valence-electron chi connectivity index (χ3n) is 4.42. The van der Waals surface area contributed by atoms with Gasteiger partial charge in [-0.05, 0) is 29.8 Å². The highest BCUT2D eigenvalue weighted by Gasteiger charge is 2.22. The number of hydrogen-bond acceptors (Lipinski definition) is 9. The number of aromatic nitrogens is 1. The number of oxazole rings is 1. The number of ether oxygens (including phenoxy) is 2. The Kier molecular flexibility index (Phi) is 6.36. The van der Waals surface area contributed by atoms with Gasteiger partial charge in [0.2, 0.25) is 5.88 Å². The average Bonchev–Trinajstić information content (AvgIpc) is 3.06. The minimum absolute atomic E-state index is 0.0555. The summed E-state index contributed by atoms with van der Waals surface area (Å²) in [5.41, 5.74) is 6.49. The first-order valence-corrected chi connectivity index (χ1v) is 9.05. The van der Waals surface area contributed by atoms with Crippen LogP contribution in [0.25, 0.3) is 0 Å². The number of carbonyl (C=O) groups excluding carboxylic acids is 1. The largest absolute Gasteiger partial charge is 0.492 e. The molecule has 4 N–H and O–H groups in total. The summed E-state index contributed by atoms with van der Waals surface area (Å²) in [5.74, 6) is -0.993. The van der Waals surface area contributed by atoms with E-state index in [0.717, 1.165) is 5.56 Å². The molecule has 3 rings (SSSR count). The number of nitrogens with zero attached hydrogens (tertiary/aromatic N) is 1. The van der Waals surface area contributed by atoms with Gasteiger partial charge in [0.05, 0.1) is 18.1 Å². The molecule has 0 spiro atoms. The number of nitro groups is 1. The first-order valence-electron chi connectivity index (χ1n) is 9.05. The molecule has 1 atom stereocenters. The zero-order valence-corrected chi connectivity index (χ0v) is 16.4. The Labute approximate surface area is 175 Å². The maximum Gasteiger partial charge on any atom is 0.419 e. The van der Waals surface area contributed by atoms with Gasteiger partial charge >= 0.3 is 11.7 Å². The van der Waals surface area contributed by atoms with Crippen molar-refractivity contribution in [2.75, 3.05) is 7.11 Å². The van der Waals surface area contributed by atoms with Crippen LogP contribution in [0.1, 0.15) is 16.9 Å². The Bertz CT molecular complexity index is 1150. The number of nitrogens with two attached hydrogens (primary N) is 1. The molecule has 0 fully saturated rings. The van der Waals surface area contributed by atoms with Crippen LogP contribution in [0.15, 0.2) is 51.7 Å². The lowest BCUT2D eigenvalue weighted by Gasteiger charge is -2.11. The molecule has 1 aromatic heterocycles. The van der Waals surface area contributed by atoms with Gasteiger partial charge in [0, 0.05) is 18.4 Å². The van der Waals surface area contributed by atoms with E-state index in [1.54, 1.807) is 24.3 Å². The first kappa shape index (κ1) is 21.6. The van der Waals surface area contributed by atoms with Crippen LogP contribution in [0.5, 0.6) is 17.4 Å². The number of rotatable bonds is 8. The van der Waals surface area contributed by atoms with Crippen molar-refractivity contribution in [2.24, 2.45) is 5.73 Å². The van der Waals surface area contributed by atoms with Crippen molar-refractivity contribution in [1.29, 1.82) is 0 Å². The predicted molar refractivity (Wildman–Crippen MR) is 107 cm³/mol. The molecule has 31 heavy (non-hydrogen) atoms. The standard InChI is InChI=1S/C20H19N3O8/c1-29-19(25)15(21)9-12-4-7-14(10-16(12)23(27)28)30-13-5-2-11(3-6-13)8-17-18(24)22-20(26)31-17/h2-7,10,15,24H,8-9,21H2,1H3,(H,22,26). The number of H-pyrrole nitrogens is 1. The molecule has 1 unspecified atom stereocenters. The smallest absolute Gasteiger partial charge is 0.419 e. The average molecular weight is 429 g/mol. The van der Waals surface area contributed by atoms with Gasteiger partial charge in [0.25, 0.3) is 5.69 Å². The molecule has 0 aliphatic rings. The van der Waals surface area contributed by atoms with Crippen molar-refractivity contribution in [3.05, 3.63) is 80.0 Å². The highest BCUT2D eigenvalue weighted by atomic mass is 16.6. The Hall–Kier alpha value is -4.12. The molecule has 0 aliphatic heterocycles. The number of nitrogens with one attached hydrogen (secondary N) is 1. The van der Waals surface area contributed by atoms with Crippen molar-refractivity contribution in [2.45, 2.75) is 18.9 Å². The lowest BCUT2D eigenvalue weighted by atomic mass is 10.0. The van der Waals surface area contributed by atoms with Gasteiger partial charge in [0.1, 0.15) is 17.5 Å². The molecule has 0 radical (unpaired) electrons. The summed E-state index contributed by atoms with van der Waals surface area (Å²) in [6.07, 6.45) is 0.131. The Morgan fingerprint density at radius 2 is 1.94 bits per heavy atom. The van der Waals surface area contributed by atoms with E-state index >= 15 is 0 Å². The summed E-state index contributed by atoms with van der Waals surface area (Å²) in [5, 5.41) is 21.0. The molecular formula is C20H19N3O8. The van der Waals surface area contributed by atoms with Crippen molar-refractivity contribution in [3.63, 3.8) is 0 Å². The molecular weight excluding hydrogens is 410 g/mol. The van der Waals surface area contributed by atoms with Gasteiger partial charge in [-0.25, -0.2) is 4.79 Å². The third kappa shape index (κ3) is 5.28. The Balaban J connectivity index is 1.73. The minimum Gasteiger partial charge on any atom is -0.492 e. The highest BCUT2D eigenvalue weighted by molar-refractivity contribution is 5.76. The van der Waals surface area contributed by atoms with E-state index in [2.05, 4.69) is 9.72 Å². The lowest BCUT2D eigenvalue weighted by Crippen LogP contribution is -2.33. The van der Waals surface area contributed by atoms with Crippen LogP contribution in [0.3, 0.4) is 0 Å².